The van der Waals surface area contributed by atoms with Gasteiger partial charge in [-0.3, -0.25) is 10.2 Å². The van der Waals surface area contributed by atoms with Crippen molar-refractivity contribution in [1.82, 2.24) is 16.1 Å². The molecule has 1 heterocycles. The lowest BCUT2D eigenvalue weighted by molar-refractivity contribution is -0.132. The van der Waals surface area contributed by atoms with Gasteiger partial charge >= 0.3 is 0 Å². The van der Waals surface area contributed by atoms with Gasteiger partial charge in [-0.2, -0.15) is 0 Å². The highest BCUT2D eigenvalue weighted by atomic mass is 16.5. The molecule has 0 radical (unpaired) electrons. The number of hydrazone groups is 1. The molecule has 30 heavy (non-hydrogen) atoms. The van der Waals surface area contributed by atoms with Crippen LogP contribution in [0, 0.1) is 46.8 Å². The Morgan fingerprint density at radius 1 is 1.13 bits per heavy atom. The van der Waals surface area contributed by atoms with Crippen molar-refractivity contribution in [3.63, 3.8) is 0 Å². The van der Waals surface area contributed by atoms with E-state index in [0.717, 1.165) is 54.4 Å². The molecule has 8 atom stereocenters. The quantitative estimate of drug-likeness (QED) is 0.715. The number of hydrazine groups is 2. The van der Waals surface area contributed by atoms with Crippen molar-refractivity contribution < 1.29 is 9.53 Å². The van der Waals surface area contributed by atoms with Gasteiger partial charge in [0, 0.05) is 19.6 Å². The van der Waals surface area contributed by atoms with Gasteiger partial charge in [0.05, 0.1) is 0 Å². The molecular weight excluding hydrogens is 376 g/mol. The first kappa shape index (κ1) is 20.7. The van der Waals surface area contributed by atoms with Crippen LogP contribution in [0.5, 0.6) is 0 Å². The topological polar surface area (TPSA) is 66.0 Å². The maximum absolute atomic E-state index is 13.3. The zero-order valence-corrected chi connectivity index (χ0v) is 19.0. The fourth-order valence-corrected chi connectivity index (χ4v) is 8.58. The average molecular weight is 417 g/mol. The number of nitrogens with zero attached hydrogens (tertiary/aromatic N) is 2. The van der Waals surface area contributed by atoms with Crippen LogP contribution in [0.3, 0.4) is 0 Å². The fraction of sp³-hybridized carbons (Fsp3) is 0.917. The fourth-order valence-electron chi connectivity index (χ4n) is 8.58. The predicted molar refractivity (Wildman–Crippen MR) is 117 cm³/mol. The molecule has 2 N–H and O–H groups in total. The third-order valence-corrected chi connectivity index (χ3v) is 9.80. The first-order chi connectivity index (χ1) is 14.5. The molecule has 168 valence electrons. The summed E-state index contributed by atoms with van der Waals surface area (Å²) in [6.45, 7) is 5.68. The minimum Gasteiger partial charge on any atom is -0.384 e. The molecule has 4 aliphatic carbocycles. The van der Waals surface area contributed by atoms with Crippen LogP contribution in [-0.2, 0) is 9.53 Å². The van der Waals surface area contributed by atoms with E-state index in [9.17, 15) is 4.79 Å². The Balaban J connectivity index is 1.26. The van der Waals surface area contributed by atoms with Crippen molar-refractivity contribution in [1.29, 1.82) is 0 Å². The van der Waals surface area contributed by atoms with Crippen LogP contribution in [0.4, 0.5) is 0 Å². The first-order valence-electron chi connectivity index (χ1n) is 12.4. The second-order valence-corrected chi connectivity index (χ2v) is 11.2. The van der Waals surface area contributed by atoms with Crippen LogP contribution in [0.25, 0.3) is 0 Å². The summed E-state index contributed by atoms with van der Waals surface area (Å²) in [7, 11) is 1.85. The minimum atomic E-state index is 0.199. The van der Waals surface area contributed by atoms with Crippen molar-refractivity contribution in [3.05, 3.63) is 0 Å². The SMILES string of the molecule is COCC1CCC2C(CCC3C2CCC2(C)C(C(=O)CN4N=C(C)NN4)CCC32)C1. The molecular formula is C24H40N4O2. The summed E-state index contributed by atoms with van der Waals surface area (Å²) in [6.07, 6.45) is 11.9. The van der Waals surface area contributed by atoms with Crippen LogP contribution in [-0.4, -0.2) is 37.0 Å². The first-order valence-corrected chi connectivity index (χ1v) is 12.4. The molecule has 5 aliphatic rings. The van der Waals surface area contributed by atoms with Crippen molar-refractivity contribution in [2.75, 3.05) is 20.3 Å². The number of fused-ring (bicyclic) bond motifs is 5. The summed E-state index contributed by atoms with van der Waals surface area (Å²) in [5.41, 5.74) is 6.15. The number of Topliss-reactive ketones (excluding diaryl/α,β-unsaturated/α-hetero) is 1. The highest BCUT2D eigenvalue weighted by Gasteiger charge is 2.58. The summed E-state index contributed by atoms with van der Waals surface area (Å²) in [5, 5.41) is 6.02. The highest BCUT2D eigenvalue weighted by Crippen LogP contribution is 2.64. The number of ketones is 1. The van der Waals surface area contributed by atoms with Gasteiger partial charge in [-0.05, 0) is 106 Å². The molecule has 0 spiro atoms. The Bertz CT molecular complexity index is 697. The average Bonchev–Trinajstić information content (AvgIpc) is 3.30. The number of nitrogens with one attached hydrogen (secondary N) is 2. The number of hydrogen-bond donors (Lipinski definition) is 2. The van der Waals surface area contributed by atoms with Gasteiger partial charge in [0.25, 0.3) is 0 Å². The Labute approximate surface area is 181 Å². The van der Waals surface area contributed by atoms with E-state index in [-0.39, 0.29) is 11.3 Å². The zero-order chi connectivity index (χ0) is 20.9. The van der Waals surface area contributed by atoms with E-state index in [1.54, 1.807) is 5.12 Å². The molecule has 4 saturated carbocycles. The Hall–Kier alpha value is -1.14. The summed E-state index contributed by atoms with van der Waals surface area (Å²) in [4.78, 5) is 13.3. The van der Waals surface area contributed by atoms with Crippen molar-refractivity contribution in [3.8, 4) is 0 Å². The zero-order valence-electron chi connectivity index (χ0n) is 19.0. The third-order valence-electron chi connectivity index (χ3n) is 9.80. The molecule has 0 amide bonds. The third kappa shape index (κ3) is 3.48. The Morgan fingerprint density at radius 2 is 1.97 bits per heavy atom. The maximum Gasteiger partial charge on any atom is 0.159 e. The largest absolute Gasteiger partial charge is 0.384 e. The van der Waals surface area contributed by atoms with Crippen LogP contribution in [0.15, 0.2) is 5.10 Å². The maximum atomic E-state index is 13.3. The number of methoxy groups -OCH3 is 1. The van der Waals surface area contributed by atoms with E-state index in [4.69, 9.17) is 4.74 Å². The van der Waals surface area contributed by atoms with Crippen LogP contribution in [0.1, 0.15) is 71.6 Å². The predicted octanol–water partition coefficient (Wildman–Crippen LogP) is 3.75. The van der Waals surface area contributed by atoms with Gasteiger partial charge in [-0.1, -0.05) is 6.92 Å². The second-order valence-electron chi connectivity index (χ2n) is 11.2. The van der Waals surface area contributed by atoms with Crippen molar-refractivity contribution in [2.24, 2.45) is 51.9 Å². The Morgan fingerprint density at radius 3 is 2.73 bits per heavy atom. The number of ether oxygens (including phenoxy) is 1. The van der Waals surface area contributed by atoms with E-state index in [1.165, 1.54) is 51.4 Å². The molecule has 6 nitrogen and oxygen atoms in total. The summed E-state index contributed by atoms with van der Waals surface area (Å²) in [6, 6.07) is 0. The second kappa shape index (κ2) is 8.09. The molecule has 1 aliphatic heterocycles. The highest BCUT2D eigenvalue weighted by molar-refractivity contribution is 5.85. The summed E-state index contributed by atoms with van der Waals surface area (Å²) < 4.78 is 5.47. The number of carbonyl (C=O) groups excluding carboxylic acids is 1. The van der Waals surface area contributed by atoms with Crippen LogP contribution < -0.4 is 11.0 Å². The minimum absolute atomic E-state index is 0.199. The van der Waals surface area contributed by atoms with Crippen LogP contribution in [0.2, 0.25) is 0 Å². The lowest BCUT2D eigenvalue weighted by Crippen LogP contribution is -2.50. The van der Waals surface area contributed by atoms with E-state index >= 15 is 0 Å². The van der Waals surface area contributed by atoms with E-state index in [2.05, 4.69) is 23.0 Å². The van der Waals surface area contributed by atoms with Gasteiger partial charge in [0.15, 0.2) is 5.78 Å². The number of carbonyl (C=O) groups is 1. The van der Waals surface area contributed by atoms with Gasteiger partial charge in [-0.25, -0.2) is 5.12 Å². The van der Waals surface area contributed by atoms with Gasteiger partial charge in [-0.15, -0.1) is 10.6 Å². The van der Waals surface area contributed by atoms with Crippen LogP contribution >= 0.6 is 0 Å². The number of rotatable bonds is 5. The molecule has 5 rings (SSSR count). The van der Waals surface area contributed by atoms with E-state index in [0.29, 0.717) is 12.3 Å². The molecule has 0 bridgehead atoms. The molecule has 4 fully saturated rings. The van der Waals surface area contributed by atoms with Gasteiger partial charge < -0.3 is 4.74 Å². The van der Waals surface area contributed by atoms with E-state index in [1.807, 2.05) is 14.0 Å². The number of amidine groups is 1. The standard InChI is InChI=1S/C24H40N4O2/c1-15-25-27-28(26-15)13-23(29)22-9-8-21-20-7-5-17-12-16(14-30-3)4-6-18(17)19(20)10-11-24(21,22)2/h16-22,27H,4-14H2,1-3H3,(H,25,26). The van der Waals surface area contributed by atoms with Gasteiger partial charge in [0.2, 0.25) is 0 Å². The molecule has 0 aromatic heterocycles. The molecule has 0 saturated heterocycles. The molecule has 0 aromatic carbocycles. The smallest absolute Gasteiger partial charge is 0.159 e. The van der Waals surface area contributed by atoms with Gasteiger partial charge in [0.1, 0.15) is 12.4 Å². The molecule has 6 heteroatoms. The normalized spacial score (nSPS) is 45.2. The number of hydrogen-bond acceptors (Lipinski definition) is 6. The summed E-state index contributed by atoms with van der Waals surface area (Å²) >= 11 is 0. The summed E-state index contributed by atoms with van der Waals surface area (Å²) in [5.74, 6) is 6.57. The Kier molecular flexibility index (Phi) is 5.59. The van der Waals surface area contributed by atoms with Crippen molar-refractivity contribution in [2.45, 2.75) is 71.6 Å². The molecule has 0 aromatic rings. The molecule has 8 unspecified atom stereocenters. The monoisotopic (exact) mass is 416 g/mol. The lowest BCUT2D eigenvalue weighted by Gasteiger charge is -2.56. The lowest BCUT2D eigenvalue weighted by atomic mass is 9.49. The van der Waals surface area contributed by atoms with E-state index < -0.39 is 0 Å². The van der Waals surface area contributed by atoms with Crippen molar-refractivity contribution >= 4 is 11.6 Å².